The average Bonchev–Trinajstić information content (AvgIpc) is 2.87. The van der Waals surface area contributed by atoms with Crippen molar-refractivity contribution in [3.8, 4) is 0 Å². The second kappa shape index (κ2) is 6.65. The van der Waals surface area contributed by atoms with Gasteiger partial charge in [0.25, 0.3) is 5.91 Å². The number of nitrogens with zero attached hydrogens (tertiary/aromatic N) is 1. The predicted octanol–water partition coefficient (Wildman–Crippen LogP) is 2.23. The van der Waals surface area contributed by atoms with E-state index in [0.717, 1.165) is 10.6 Å². The monoisotopic (exact) mass is 295 g/mol. The molecule has 6 heteroatoms. The molecule has 0 fully saturated rings. The minimum atomic E-state index is -0.172. The first-order chi connectivity index (χ1) is 9.19. The van der Waals surface area contributed by atoms with E-state index in [9.17, 15) is 4.79 Å². The SMILES string of the molecule is NCCc1nc(C(=O)NCc2ccc(Cl)cc2)cs1. The number of halogens is 1. The molecule has 3 N–H and O–H groups in total. The van der Waals surface area contributed by atoms with Crippen molar-refractivity contribution in [1.29, 1.82) is 0 Å². The normalized spacial score (nSPS) is 10.4. The Kier molecular flexibility index (Phi) is 4.90. The maximum atomic E-state index is 11.9. The molecule has 0 saturated carbocycles. The number of carbonyl (C=O) groups is 1. The fourth-order valence-corrected chi connectivity index (χ4v) is 2.45. The zero-order chi connectivity index (χ0) is 13.7. The van der Waals surface area contributed by atoms with E-state index >= 15 is 0 Å². The maximum absolute atomic E-state index is 11.9. The van der Waals surface area contributed by atoms with Gasteiger partial charge in [-0.25, -0.2) is 4.98 Å². The van der Waals surface area contributed by atoms with Crippen LogP contribution in [0.4, 0.5) is 0 Å². The molecule has 0 saturated heterocycles. The van der Waals surface area contributed by atoms with Crippen LogP contribution >= 0.6 is 22.9 Å². The number of amides is 1. The summed E-state index contributed by atoms with van der Waals surface area (Å²) in [5.74, 6) is -0.172. The zero-order valence-corrected chi connectivity index (χ0v) is 11.8. The van der Waals surface area contributed by atoms with Crippen molar-refractivity contribution < 1.29 is 4.79 Å². The van der Waals surface area contributed by atoms with Gasteiger partial charge in [-0.15, -0.1) is 11.3 Å². The van der Waals surface area contributed by atoms with Gasteiger partial charge in [0.1, 0.15) is 5.69 Å². The highest BCUT2D eigenvalue weighted by Crippen LogP contribution is 2.11. The van der Waals surface area contributed by atoms with Crippen LogP contribution in [0.5, 0.6) is 0 Å². The summed E-state index contributed by atoms with van der Waals surface area (Å²) in [5, 5.41) is 6.14. The molecule has 1 heterocycles. The molecule has 2 rings (SSSR count). The van der Waals surface area contributed by atoms with E-state index in [0.29, 0.717) is 30.2 Å². The van der Waals surface area contributed by atoms with Gasteiger partial charge >= 0.3 is 0 Å². The van der Waals surface area contributed by atoms with E-state index in [2.05, 4.69) is 10.3 Å². The number of aromatic nitrogens is 1. The van der Waals surface area contributed by atoms with Crippen LogP contribution in [-0.2, 0) is 13.0 Å². The number of rotatable bonds is 5. The van der Waals surface area contributed by atoms with E-state index < -0.39 is 0 Å². The molecule has 0 bridgehead atoms. The van der Waals surface area contributed by atoms with Crippen LogP contribution in [0.2, 0.25) is 5.02 Å². The van der Waals surface area contributed by atoms with Crippen LogP contribution in [0, 0.1) is 0 Å². The zero-order valence-electron chi connectivity index (χ0n) is 10.2. The van der Waals surface area contributed by atoms with E-state index in [4.69, 9.17) is 17.3 Å². The maximum Gasteiger partial charge on any atom is 0.271 e. The molecule has 1 amide bonds. The summed E-state index contributed by atoms with van der Waals surface area (Å²) in [6.07, 6.45) is 0.704. The molecule has 100 valence electrons. The Balaban J connectivity index is 1.91. The van der Waals surface area contributed by atoms with Gasteiger partial charge in [0.15, 0.2) is 0 Å². The Bertz CT molecular complexity index is 553. The van der Waals surface area contributed by atoms with Gasteiger partial charge in [-0.05, 0) is 24.2 Å². The second-order valence-corrected chi connectivity index (χ2v) is 5.35. The quantitative estimate of drug-likeness (QED) is 0.889. The largest absolute Gasteiger partial charge is 0.347 e. The number of benzene rings is 1. The van der Waals surface area contributed by atoms with Crippen molar-refractivity contribution >= 4 is 28.8 Å². The van der Waals surface area contributed by atoms with Crippen LogP contribution in [0.25, 0.3) is 0 Å². The first kappa shape index (κ1) is 14.0. The molecule has 0 spiro atoms. The molecule has 4 nitrogen and oxygen atoms in total. The molecule has 0 radical (unpaired) electrons. The van der Waals surface area contributed by atoms with E-state index in [1.807, 2.05) is 12.1 Å². The van der Waals surface area contributed by atoms with Gasteiger partial charge in [0.05, 0.1) is 5.01 Å². The minimum Gasteiger partial charge on any atom is -0.347 e. The Morgan fingerprint density at radius 1 is 1.37 bits per heavy atom. The highest BCUT2D eigenvalue weighted by atomic mass is 35.5. The fraction of sp³-hybridized carbons (Fsp3) is 0.231. The summed E-state index contributed by atoms with van der Waals surface area (Å²) < 4.78 is 0. The standard InChI is InChI=1S/C13H14ClN3OS/c14-10-3-1-9(2-4-10)7-16-13(18)11-8-19-12(17-11)5-6-15/h1-4,8H,5-7,15H2,(H,16,18). The molecule has 19 heavy (non-hydrogen) atoms. The number of carbonyl (C=O) groups excluding carboxylic acids is 1. The van der Waals surface area contributed by atoms with Gasteiger partial charge in [0.2, 0.25) is 0 Å². The first-order valence-electron chi connectivity index (χ1n) is 5.86. The van der Waals surface area contributed by atoms with Crippen molar-refractivity contribution in [2.45, 2.75) is 13.0 Å². The minimum absolute atomic E-state index is 0.172. The van der Waals surface area contributed by atoms with Gasteiger partial charge < -0.3 is 11.1 Å². The molecular formula is C13H14ClN3OS. The highest BCUT2D eigenvalue weighted by Gasteiger charge is 2.09. The third-order valence-corrected chi connectivity index (χ3v) is 3.67. The van der Waals surface area contributed by atoms with Crippen molar-refractivity contribution in [2.24, 2.45) is 5.73 Å². The van der Waals surface area contributed by atoms with E-state index in [1.165, 1.54) is 11.3 Å². The first-order valence-corrected chi connectivity index (χ1v) is 7.12. The number of thiazole rings is 1. The lowest BCUT2D eigenvalue weighted by Gasteiger charge is -2.03. The van der Waals surface area contributed by atoms with E-state index in [-0.39, 0.29) is 5.91 Å². The second-order valence-electron chi connectivity index (χ2n) is 3.97. The molecule has 0 aliphatic rings. The topological polar surface area (TPSA) is 68.0 Å². The van der Waals surface area contributed by atoms with Gasteiger partial charge in [0, 0.05) is 23.4 Å². The van der Waals surface area contributed by atoms with Crippen LogP contribution < -0.4 is 11.1 Å². The lowest BCUT2D eigenvalue weighted by atomic mass is 10.2. The van der Waals surface area contributed by atoms with Crippen LogP contribution in [0.3, 0.4) is 0 Å². The Morgan fingerprint density at radius 2 is 2.11 bits per heavy atom. The number of nitrogens with one attached hydrogen (secondary N) is 1. The molecule has 0 unspecified atom stereocenters. The number of nitrogens with two attached hydrogens (primary N) is 1. The predicted molar refractivity (Wildman–Crippen MR) is 77.5 cm³/mol. The molecular weight excluding hydrogens is 282 g/mol. The molecule has 1 aromatic carbocycles. The Morgan fingerprint density at radius 3 is 2.79 bits per heavy atom. The van der Waals surface area contributed by atoms with Gasteiger partial charge in [-0.2, -0.15) is 0 Å². The fourth-order valence-electron chi connectivity index (χ4n) is 1.53. The van der Waals surface area contributed by atoms with Crippen LogP contribution in [0.15, 0.2) is 29.6 Å². The smallest absolute Gasteiger partial charge is 0.271 e. The average molecular weight is 296 g/mol. The Labute approximate surface area is 120 Å². The van der Waals surface area contributed by atoms with Crippen molar-refractivity contribution in [3.63, 3.8) is 0 Å². The summed E-state index contributed by atoms with van der Waals surface area (Å²) in [5.41, 5.74) is 6.89. The molecule has 0 aliphatic carbocycles. The summed E-state index contributed by atoms with van der Waals surface area (Å²) >= 11 is 7.25. The lowest BCUT2D eigenvalue weighted by molar-refractivity contribution is 0.0946. The lowest BCUT2D eigenvalue weighted by Crippen LogP contribution is -2.23. The summed E-state index contributed by atoms with van der Waals surface area (Å²) in [6.45, 7) is 0.999. The number of hydrogen-bond donors (Lipinski definition) is 2. The van der Waals surface area contributed by atoms with Gasteiger partial charge in [-0.3, -0.25) is 4.79 Å². The van der Waals surface area contributed by atoms with Crippen molar-refractivity contribution in [2.75, 3.05) is 6.54 Å². The summed E-state index contributed by atoms with van der Waals surface area (Å²) in [7, 11) is 0. The Hall–Kier alpha value is -1.43. The molecule has 0 atom stereocenters. The van der Waals surface area contributed by atoms with Crippen LogP contribution in [-0.4, -0.2) is 17.4 Å². The summed E-state index contributed by atoms with van der Waals surface area (Å²) in [6, 6.07) is 7.35. The third kappa shape index (κ3) is 4.02. The highest BCUT2D eigenvalue weighted by molar-refractivity contribution is 7.09. The third-order valence-electron chi connectivity index (χ3n) is 2.51. The van der Waals surface area contributed by atoms with Crippen molar-refractivity contribution in [1.82, 2.24) is 10.3 Å². The number of hydrogen-bond acceptors (Lipinski definition) is 4. The van der Waals surface area contributed by atoms with Crippen molar-refractivity contribution in [3.05, 3.63) is 50.9 Å². The molecule has 1 aromatic heterocycles. The molecule has 2 aromatic rings. The summed E-state index contributed by atoms with van der Waals surface area (Å²) in [4.78, 5) is 16.1. The van der Waals surface area contributed by atoms with E-state index in [1.54, 1.807) is 17.5 Å². The van der Waals surface area contributed by atoms with Crippen LogP contribution in [0.1, 0.15) is 21.1 Å². The van der Waals surface area contributed by atoms with Gasteiger partial charge in [-0.1, -0.05) is 23.7 Å². The molecule has 0 aliphatic heterocycles.